The van der Waals surface area contributed by atoms with E-state index in [-0.39, 0.29) is 5.54 Å². The SMILES string of the molecule is COc1cc(OCC2(N)CCCCCC2)ccn1. The Labute approximate surface area is 108 Å². The minimum absolute atomic E-state index is 0.174. The molecule has 1 aromatic heterocycles. The van der Waals surface area contributed by atoms with Gasteiger partial charge in [0.25, 0.3) is 0 Å². The van der Waals surface area contributed by atoms with Gasteiger partial charge in [-0.05, 0) is 18.9 Å². The molecule has 1 aliphatic rings. The maximum absolute atomic E-state index is 6.41. The lowest BCUT2D eigenvalue weighted by Gasteiger charge is -2.27. The highest BCUT2D eigenvalue weighted by Crippen LogP contribution is 2.26. The van der Waals surface area contributed by atoms with Crippen molar-refractivity contribution in [3.05, 3.63) is 18.3 Å². The lowest BCUT2D eigenvalue weighted by molar-refractivity contribution is 0.198. The topological polar surface area (TPSA) is 57.4 Å². The van der Waals surface area contributed by atoms with Gasteiger partial charge in [-0.3, -0.25) is 0 Å². The van der Waals surface area contributed by atoms with Gasteiger partial charge in [0.15, 0.2) is 0 Å². The van der Waals surface area contributed by atoms with E-state index in [0.717, 1.165) is 18.6 Å². The molecule has 0 aromatic carbocycles. The van der Waals surface area contributed by atoms with Gasteiger partial charge in [-0.25, -0.2) is 4.98 Å². The van der Waals surface area contributed by atoms with Gasteiger partial charge in [0.05, 0.1) is 12.6 Å². The maximum Gasteiger partial charge on any atom is 0.216 e. The number of aromatic nitrogens is 1. The molecule has 1 heterocycles. The smallest absolute Gasteiger partial charge is 0.216 e. The molecule has 0 bridgehead atoms. The number of ether oxygens (including phenoxy) is 2. The first-order valence-corrected chi connectivity index (χ1v) is 6.64. The largest absolute Gasteiger partial charge is 0.491 e. The summed E-state index contributed by atoms with van der Waals surface area (Å²) in [6.45, 7) is 0.570. The number of hydrogen-bond acceptors (Lipinski definition) is 4. The van der Waals surface area contributed by atoms with Crippen molar-refractivity contribution in [2.24, 2.45) is 5.73 Å². The predicted octanol–water partition coefficient (Wildman–Crippen LogP) is 2.52. The summed E-state index contributed by atoms with van der Waals surface area (Å²) in [4.78, 5) is 4.05. The van der Waals surface area contributed by atoms with Crippen LogP contribution in [0.4, 0.5) is 0 Å². The number of nitrogens with zero attached hydrogens (tertiary/aromatic N) is 1. The molecule has 0 saturated heterocycles. The molecule has 0 aliphatic heterocycles. The summed E-state index contributed by atoms with van der Waals surface area (Å²) in [5.74, 6) is 1.34. The number of rotatable bonds is 4. The second-order valence-corrected chi connectivity index (χ2v) is 5.10. The lowest BCUT2D eigenvalue weighted by Crippen LogP contribution is -2.45. The highest BCUT2D eigenvalue weighted by atomic mass is 16.5. The molecule has 4 heteroatoms. The van der Waals surface area contributed by atoms with E-state index < -0.39 is 0 Å². The van der Waals surface area contributed by atoms with Gasteiger partial charge < -0.3 is 15.2 Å². The molecule has 1 aromatic rings. The van der Waals surface area contributed by atoms with Crippen molar-refractivity contribution in [2.45, 2.75) is 44.1 Å². The quantitative estimate of drug-likeness (QED) is 0.834. The Kier molecular flexibility index (Phi) is 4.42. The molecule has 2 rings (SSSR count). The van der Waals surface area contributed by atoms with E-state index >= 15 is 0 Å². The number of methoxy groups -OCH3 is 1. The number of pyridine rings is 1. The Bertz CT molecular complexity index is 374. The van der Waals surface area contributed by atoms with Crippen LogP contribution in [0.25, 0.3) is 0 Å². The Hall–Kier alpha value is -1.29. The Morgan fingerprint density at radius 1 is 1.28 bits per heavy atom. The van der Waals surface area contributed by atoms with Crippen molar-refractivity contribution in [1.29, 1.82) is 0 Å². The number of nitrogens with two attached hydrogens (primary N) is 1. The predicted molar refractivity (Wildman–Crippen MR) is 70.9 cm³/mol. The zero-order valence-electron chi connectivity index (χ0n) is 11.0. The minimum atomic E-state index is -0.174. The number of hydrogen-bond donors (Lipinski definition) is 1. The third-order valence-electron chi connectivity index (χ3n) is 3.54. The van der Waals surface area contributed by atoms with Crippen molar-refractivity contribution in [3.8, 4) is 11.6 Å². The van der Waals surface area contributed by atoms with Crippen molar-refractivity contribution in [1.82, 2.24) is 4.98 Å². The average Bonchev–Trinajstić information content (AvgIpc) is 2.62. The third kappa shape index (κ3) is 3.60. The van der Waals surface area contributed by atoms with Gasteiger partial charge in [0.2, 0.25) is 5.88 Å². The van der Waals surface area contributed by atoms with Crippen LogP contribution in [0.15, 0.2) is 18.3 Å². The molecule has 0 radical (unpaired) electrons. The van der Waals surface area contributed by atoms with E-state index in [1.165, 1.54) is 25.7 Å². The maximum atomic E-state index is 6.41. The van der Waals surface area contributed by atoms with E-state index in [0.29, 0.717) is 12.5 Å². The second-order valence-electron chi connectivity index (χ2n) is 5.10. The average molecular weight is 250 g/mol. The third-order valence-corrected chi connectivity index (χ3v) is 3.54. The van der Waals surface area contributed by atoms with Crippen LogP contribution in [0, 0.1) is 0 Å². The van der Waals surface area contributed by atoms with Gasteiger partial charge in [-0.15, -0.1) is 0 Å². The monoisotopic (exact) mass is 250 g/mol. The van der Waals surface area contributed by atoms with E-state index in [4.69, 9.17) is 15.2 Å². The van der Waals surface area contributed by atoms with Crippen molar-refractivity contribution >= 4 is 0 Å². The molecule has 0 spiro atoms. The summed E-state index contributed by atoms with van der Waals surface area (Å²) in [5.41, 5.74) is 6.23. The van der Waals surface area contributed by atoms with Crippen LogP contribution < -0.4 is 15.2 Å². The molecule has 0 atom stereocenters. The van der Waals surface area contributed by atoms with Crippen molar-refractivity contribution in [3.63, 3.8) is 0 Å². The molecule has 4 nitrogen and oxygen atoms in total. The lowest BCUT2D eigenvalue weighted by atomic mass is 9.93. The minimum Gasteiger partial charge on any atom is -0.491 e. The summed E-state index contributed by atoms with van der Waals surface area (Å²) in [6, 6.07) is 3.63. The van der Waals surface area contributed by atoms with E-state index in [1.807, 2.05) is 6.07 Å². The van der Waals surface area contributed by atoms with Crippen LogP contribution in [-0.4, -0.2) is 24.2 Å². The van der Waals surface area contributed by atoms with E-state index in [1.54, 1.807) is 19.4 Å². The first kappa shape index (κ1) is 13.1. The van der Waals surface area contributed by atoms with Gasteiger partial charge in [-0.2, -0.15) is 0 Å². The van der Waals surface area contributed by atoms with Gasteiger partial charge in [0, 0.05) is 12.3 Å². The molecule has 0 unspecified atom stereocenters. The van der Waals surface area contributed by atoms with Gasteiger partial charge in [-0.1, -0.05) is 25.7 Å². The van der Waals surface area contributed by atoms with Gasteiger partial charge in [0.1, 0.15) is 12.4 Å². The second kappa shape index (κ2) is 6.05. The molecular weight excluding hydrogens is 228 g/mol. The van der Waals surface area contributed by atoms with Crippen LogP contribution in [-0.2, 0) is 0 Å². The van der Waals surface area contributed by atoms with Crippen LogP contribution in [0.5, 0.6) is 11.6 Å². The fourth-order valence-corrected chi connectivity index (χ4v) is 2.40. The molecule has 1 saturated carbocycles. The summed E-state index contributed by atoms with van der Waals surface area (Å²) in [7, 11) is 1.60. The molecule has 0 amide bonds. The summed E-state index contributed by atoms with van der Waals surface area (Å²) >= 11 is 0. The zero-order valence-corrected chi connectivity index (χ0v) is 11.0. The van der Waals surface area contributed by atoms with Crippen molar-refractivity contribution < 1.29 is 9.47 Å². The van der Waals surface area contributed by atoms with E-state index in [9.17, 15) is 0 Å². The fraction of sp³-hybridized carbons (Fsp3) is 0.643. The Morgan fingerprint density at radius 2 is 2.00 bits per heavy atom. The summed E-state index contributed by atoms with van der Waals surface area (Å²) < 4.78 is 10.9. The standard InChI is InChI=1S/C14H22N2O2/c1-17-13-10-12(6-9-16-13)18-11-14(15)7-4-2-3-5-8-14/h6,9-10H,2-5,7-8,11,15H2,1H3. The Balaban J connectivity index is 1.92. The molecular formula is C14H22N2O2. The highest BCUT2D eigenvalue weighted by Gasteiger charge is 2.27. The highest BCUT2D eigenvalue weighted by molar-refractivity contribution is 5.26. The van der Waals surface area contributed by atoms with Gasteiger partial charge >= 0.3 is 0 Å². The first-order chi connectivity index (χ1) is 8.72. The Morgan fingerprint density at radius 3 is 2.67 bits per heavy atom. The molecule has 18 heavy (non-hydrogen) atoms. The van der Waals surface area contributed by atoms with Crippen LogP contribution in [0.1, 0.15) is 38.5 Å². The fourth-order valence-electron chi connectivity index (χ4n) is 2.40. The van der Waals surface area contributed by atoms with Crippen LogP contribution in [0.3, 0.4) is 0 Å². The van der Waals surface area contributed by atoms with Crippen LogP contribution in [0.2, 0.25) is 0 Å². The zero-order chi connectivity index (χ0) is 12.8. The summed E-state index contributed by atoms with van der Waals surface area (Å²) in [5, 5.41) is 0. The van der Waals surface area contributed by atoms with E-state index in [2.05, 4.69) is 4.98 Å². The molecule has 2 N–H and O–H groups in total. The normalized spacial score (nSPS) is 19.0. The molecule has 100 valence electrons. The van der Waals surface area contributed by atoms with Crippen molar-refractivity contribution in [2.75, 3.05) is 13.7 Å². The molecule has 1 fully saturated rings. The summed E-state index contributed by atoms with van der Waals surface area (Å²) in [6.07, 6.45) is 8.79. The molecule has 1 aliphatic carbocycles. The van der Waals surface area contributed by atoms with Crippen LogP contribution >= 0.6 is 0 Å². The first-order valence-electron chi connectivity index (χ1n) is 6.64.